The highest BCUT2D eigenvalue weighted by molar-refractivity contribution is 7.14. The number of nitrogens with zero attached hydrogens (tertiary/aromatic N) is 3. The largest absolute Gasteiger partial charge is 0.496 e. The molecule has 0 fully saturated rings. The Balaban J connectivity index is 1.85. The van der Waals surface area contributed by atoms with E-state index in [9.17, 15) is 9.18 Å². The Morgan fingerprint density at radius 2 is 2.23 bits per heavy atom. The number of carbonyl (C=O) groups excluding carboxylic acids is 1. The number of rotatable bonds is 4. The third-order valence-corrected chi connectivity index (χ3v) is 4.02. The maximum Gasteiger partial charge on any atom is 0.278 e. The number of hydrogen-bond donors (Lipinski definition) is 1. The number of carbonyl (C=O) groups is 1. The maximum atomic E-state index is 13.4. The normalized spacial score (nSPS) is 10.5. The molecule has 0 unspecified atom stereocenters. The molecule has 0 aliphatic carbocycles. The number of halogens is 1. The van der Waals surface area contributed by atoms with Crippen LogP contribution in [0.4, 0.5) is 9.52 Å². The van der Waals surface area contributed by atoms with Gasteiger partial charge in [-0.15, -0.1) is 16.4 Å². The highest BCUT2D eigenvalue weighted by Crippen LogP contribution is 2.32. The fourth-order valence-electron chi connectivity index (χ4n) is 1.76. The van der Waals surface area contributed by atoms with Crippen molar-refractivity contribution in [2.24, 2.45) is 0 Å². The predicted octanol–water partition coefficient (Wildman–Crippen LogP) is 3.06. The van der Waals surface area contributed by atoms with Crippen molar-refractivity contribution in [1.29, 1.82) is 0 Å². The molecule has 0 bridgehead atoms. The monoisotopic (exact) mass is 336 g/mol. The molecule has 0 saturated heterocycles. The van der Waals surface area contributed by atoms with Crippen LogP contribution in [0.15, 0.2) is 29.0 Å². The molecular formula is C13H9FN4O2S2. The first-order valence-corrected chi connectivity index (χ1v) is 7.77. The number of hydrogen-bond acceptors (Lipinski definition) is 7. The van der Waals surface area contributed by atoms with Gasteiger partial charge >= 0.3 is 0 Å². The lowest BCUT2D eigenvalue weighted by atomic mass is 10.1. The molecule has 0 saturated carbocycles. The molecule has 0 radical (unpaired) electrons. The maximum absolute atomic E-state index is 13.4. The van der Waals surface area contributed by atoms with E-state index >= 15 is 0 Å². The van der Waals surface area contributed by atoms with Crippen LogP contribution in [0.3, 0.4) is 0 Å². The topological polar surface area (TPSA) is 77.0 Å². The number of aromatic nitrogens is 3. The van der Waals surface area contributed by atoms with Crippen molar-refractivity contribution in [3.05, 3.63) is 40.5 Å². The Labute approximate surface area is 132 Å². The molecular weight excluding hydrogens is 327 g/mol. The van der Waals surface area contributed by atoms with Crippen LogP contribution in [0.25, 0.3) is 11.3 Å². The second-order valence-electron chi connectivity index (χ2n) is 4.13. The summed E-state index contributed by atoms with van der Waals surface area (Å²) < 4.78 is 22.2. The third-order valence-electron chi connectivity index (χ3n) is 2.75. The van der Waals surface area contributed by atoms with Crippen LogP contribution in [0.1, 0.15) is 10.5 Å². The van der Waals surface area contributed by atoms with Crippen LogP contribution in [0.2, 0.25) is 0 Å². The molecule has 0 aliphatic rings. The molecule has 2 aromatic heterocycles. The summed E-state index contributed by atoms with van der Waals surface area (Å²) >= 11 is 2.32. The van der Waals surface area contributed by atoms with Crippen LogP contribution < -0.4 is 10.1 Å². The quantitative estimate of drug-likeness (QED) is 0.792. The van der Waals surface area contributed by atoms with Gasteiger partial charge in [-0.3, -0.25) is 10.1 Å². The van der Waals surface area contributed by atoms with Gasteiger partial charge < -0.3 is 4.74 Å². The van der Waals surface area contributed by atoms with Gasteiger partial charge in [0.2, 0.25) is 0 Å². The summed E-state index contributed by atoms with van der Waals surface area (Å²) in [6.07, 6.45) is 0. The van der Waals surface area contributed by atoms with Crippen molar-refractivity contribution in [3.63, 3.8) is 0 Å². The van der Waals surface area contributed by atoms with Crippen LogP contribution in [0, 0.1) is 5.82 Å². The molecule has 2 heterocycles. The van der Waals surface area contributed by atoms with E-state index in [1.54, 1.807) is 10.8 Å². The fraction of sp³-hybridized carbons (Fsp3) is 0.0769. The van der Waals surface area contributed by atoms with Gasteiger partial charge in [0.05, 0.1) is 12.8 Å². The minimum Gasteiger partial charge on any atom is -0.496 e. The van der Waals surface area contributed by atoms with E-state index in [0.29, 0.717) is 22.1 Å². The molecule has 1 N–H and O–H groups in total. The van der Waals surface area contributed by atoms with Crippen LogP contribution in [-0.4, -0.2) is 27.6 Å². The third kappa shape index (κ3) is 2.95. The van der Waals surface area contributed by atoms with Crippen molar-refractivity contribution in [2.75, 3.05) is 12.4 Å². The average Bonchev–Trinajstić information content (AvgIpc) is 3.18. The van der Waals surface area contributed by atoms with Gasteiger partial charge in [-0.05, 0) is 29.7 Å². The van der Waals surface area contributed by atoms with Crippen LogP contribution in [-0.2, 0) is 0 Å². The zero-order chi connectivity index (χ0) is 15.5. The molecule has 0 aliphatic heterocycles. The standard InChI is InChI=1S/C13H9FN4O2S2/c1-20-11-3-2-7(14)4-8(11)9-5-21-13(15-9)16-12(19)10-6-22-18-17-10/h2-6H,1H3,(H,15,16,19). The smallest absolute Gasteiger partial charge is 0.278 e. The summed E-state index contributed by atoms with van der Waals surface area (Å²) in [4.78, 5) is 16.1. The molecule has 3 rings (SSSR count). The molecule has 112 valence electrons. The van der Waals surface area contributed by atoms with Gasteiger partial charge in [0.1, 0.15) is 11.6 Å². The minimum absolute atomic E-state index is 0.227. The number of nitrogens with one attached hydrogen (secondary N) is 1. The Hall–Kier alpha value is -2.39. The van der Waals surface area contributed by atoms with Gasteiger partial charge in [0.15, 0.2) is 10.8 Å². The molecule has 9 heteroatoms. The Kier molecular flexibility index (Phi) is 4.07. The first-order valence-electron chi connectivity index (χ1n) is 6.05. The van der Waals surface area contributed by atoms with E-state index in [2.05, 4.69) is 19.9 Å². The average molecular weight is 336 g/mol. The lowest BCUT2D eigenvalue weighted by molar-refractivity contribution is 0.102. The van der Waals surface area contributed by atoms with Crippen molar-refractivity contribution < 1.29 is 13.9 Å². The van der Waals surface area contributed by atoms with E-state index < -0.39 is 0 Å². The molecule has 3 aromatic rings. The summed E-state index contributed by atoms with van der Waals surface area (Å²) in [5.74, 6) is -0.267. The molecule has 6 nitrogen and oxygen atoms in total. The summed E-state index contributed by atoms with van der Waals surface area (Å²) in [7, 11) is 1.50. The van der Waals surface area contributed by atoms with Gasteiger partial charge in [-0.1, -0.05) is 4.49 Å². The lowest BCUT2D eigenvalue weighted by Crippen LogP contribution is -2.12. The molecule has 0 spiro atoms. The SMILES string of the molecule is COc1ccc(F)cc1-c1csc(NC(=O)c2csnn2)n1. The van der Waals surface area contributed by atoms with Crippen molar-refractivity contribution in [1.82, 2.24) is 14.6 Å². The fourth-order valence-corrected chi connectivity index (χ4v) is 2.90. The van der Waals surface area contributed by atoms with Crippen molar-refractivity contribution in [3.8, 4) is 17.0 Å². The van der Waals surface area contributed by atoms with E-state index in [1.807, 2.05) is 0 Å². The highest BCUT2D eigenvalue weighted by atomic mass is 32.1. The van der Waals surface area contributed by atoms with Crippen LogP contribution in [0.5, 0.6) is 5.75 Å². The zero-order valence-electron chi connectivity index (χ0n) is 11.2. The highest BCUT2D eigenvalue weighted by Gasteiger charge is 2.14. The molecule has 0 atom stereocenters. The lowest BCUT2D eigenvalue weighted by Gasteiger charge is -2.05. The summed E-state index contributed by atoms with van der Waals surface area (Å²) in [5.41, 5.74) is 1.27. The van der Waals surface area contributed by atoms with E-state index in [1.165, 1.54) is 36.6 Å². The Bertz CT molecular complexity index is 804. The summed E-state index contributed by atoms with van der Waals surface area (Å²) in [6.45, 7) is 0. The van der Waals surface area contributed by atoms with Gasteiger partial charge in [-0.2, -0.15) is 0 Å². The molecule has 1 amide bonds. The first kappa shape index (κ1) is 14.5. The molecule has 1 aromatic carbocycles. The zero-order valence-corrected chi connectivity index (χ0v) is 12.9. The number of ether oxygens (including phenoxy) is 1. The Morgan fingerprint density at radius 1 is 1.36 bits per heavy atom. The first-order chi connectivity index (χ1) is 10.7. The summed E-state index contributed by atoms with van der Waals surface area (Å²) in [5, 5.41) is 9.95. The number of methoxy groups -OCH3 is 1. The second kappa shape index (κ2) is 6.16. The predicted molar refractivity (Wildman–Crippen MR) is 81.9 cm³/mol. The number of amides is 1. The Morgan fingerprint density at radius 3 is 2.95 bits per heavy atom. The molecule has 22 heavy (non-hydrogen) atoms. The number of anilines is 1. The van der Waals surface area contributed by atoms with E-state index in [4.69, 9.17) is 4.74 Å². The minimum atomic E-state index is -0.388. The van der Waals surface area contributed by atoms with Crippen molar-refractivity contribution >= 4 is 33.9 Å². The van der Waals surface area contributed by atoms with E-state index in [0.717, 1.165) is 11.5 Å². The summed E-state index contributed by atoms with van der Waals surface area (Å²) in [6, 6.07) is 4.18. The van der Waals surface area contributed by atoms with Gasteiger partial charge in [0.25, 0.3) is 5.91 Å². The van der Waals surface area contributed by atoms with Crippen LogP contribution >= 0.6 is 22.9 Å². The number of thiazole rings is 1. The second-order valence-corrected chi connectivity index (χ2v) is 5.59. The number of benzene rings is 1. The van der Waals surface area contributed by atoms with E-state index in [-0.39, 0.29) is 17.4 Å². The van der Waals surface area contributed by atoms with Crippen molar-refractivity contribution in [2.45, 2.75) is 0 Å². The van der Waals surface area contributed by atoms with Gasteiger partial charge in [-0.25, -0.2) is 9.37 Å². The van der Waals surface area contributed by atoms with Gasteiger partial charge in [0, 0.05) is 16.3 Å².